The van der Waals surface area contributed by atoms with Crippen molar-refractivity contribution >= 4 is 11.6 Å². The molecule has 9 heteroatoms. The number of imidazole rings is 1. The number of hydrogen-bond acceptors (Lipinski definition) is 6. The van der Waals surface area contributed by atoms with Crippen molar-refractivity contribution in [2.45, 2.75) is 45.5 Å². The van der Waals surface area contributed by atoms with Crippen molar-refractivity contribution in [2.24, 2.45) is 20.7 Å². The molecule has 1 aliphatic heterocycles. The Balaban J connectivity index is 0.00000181. The van der Waals surface area contributed by atoms with E-state index < -0.39 is 0 Å². The van der Waals surface area contributed by atoms with Crippen molar-refractivity contribution in [2.75, 3.05) is 0 Å². The fourth-order valence-electron chi connectivity index (χ4n) is 3.62. The van der Waals surface area contributed by atoms with Gasteiger partial charge in [-0.1, -0.05) is 73.5 Å². The van der Waals surface area contributed by atoms with E-state index in [-0.39, 0.29) is 65.6 Å². The number of aromatic nitrogens is 2. The number of aliphatic hydroxyl groups is 1. The summed E-state index contributed by atoms with van der Waals surface area (Å²) in [4.78, 5) is 4.47. The molecule has 0 amide bonds. The normalized spacial score (nSPS) is 13.0. The second-order valence-electron chi connectivity index (χ2n) is 7.18. The van der Waals surface area contributed by atoms with Crippen LogP contribution in [0.3, 0.4) is 0 Å². The van der Waals surface area contributed by atoms with E-state index in [4.69, 9.17) is 11.6 Å². The molecule has 156 valence electrons. The Morgan fingerprint density at radius 2 is 1.77 bits per heavy atom. The third-order valence-corrected chi connectivity index (χ3v) is 5.52. The molecular weight excluding hydrogens is 439 g/mol. The van der Waals surface area contributed by atoms with Gasteiger partial charge in [-0.25, -0.2) is 4.98 Å². The first-order valence-corrected chi connectivity index (χ1v) is 10.4. The summed E-state index contributed by atoms with van der Waals surface area (Å²) in [5.74, 6) is 0.914. The van der Waals surface area contributed by atoms with Gasteiger partial charge >= 0.3 is 51.4 Å². The largest absolute Gasteiger partial charge is 1.00 e. The van der Waals surface area contributed by atoms with Crippen molar-refractivity contribution in [3.63, 3.8) is 0 Å². The predicted molar refractivity (Wildman–Crippen MR) is 116 cm³/mol. The molecular formula is C22H24ClKN6O. The van der Waals surface area contributed by atoms with Crippen LogP contribution in [-0.2, 0) is 19.6 Å². The maximum Gasteiger partial charge on any atom is 1.00 e. The Morgan fingerprint density at radius 3 is 2.45 bits per heavy atom. The van der Waals surface area contributed by atoms with E-state index in [9.17, 15) is 5.11 Å². The van der Waals surface area contributed by atoms with Crippen LogP contribution < -0.4 is 51.4 Å². The van der Waals surface area contributed by atoms with Gasteiger partial charge in [-0.05, 0) is 33.6 Å². The second kappa shape index (κ2) is 11.6. The van der Waals surface area contributed by atoms with Gasteiger partial charge in [0.15, 0.2) is 5.15 Å². The van der Waals surface area contributed by atoms with Crippen LogP contribution in [0.25, 0.3) is 11.1 Å². The van der Waals surface area contributed by atoms with Gasteiger partial charge in [-0.15, -0.1) is 10.2 Å². The first-order valence-electron chi connectivity index (χ1n) is 10.0. The van der Waals surface area contributed by atoms with Crippen molar-refractivity contribution in [3.05, 3.63) is 76.3 Å². The van der Waals surface area contributed by atoms with Gasteiger partial charge in [0.2, 0.25) is 6.17 Å². The standard InChI is InChI=1S/C22H23ClN6O.K.H/c1-2-3-8-20-24-21(23)19(14-30)29(20)13-15-9-11-16(12-10-15)17-6-4-5-7-18(17)22-25-27-28-26-22;;/h4-7,9-12,22,30H,2-3,8,13-14H2,1H3;;/q;+1;-1. The van der Waals surface area contributed by atoms with Crippen LogP contribution in [0, 0.1) is 0 Å². The molecule has 0 aliphatic carbocycles. The number of unbranched alkanes of at least 4 members (excludes halogenated alkanes) is 1. The topological polar surface area (TPSA) is 87.5 Å². The molecule has 1 aliphatic rings. The predicted octanol–water partition coefficient (Wildman–Crippen LogP) is 3.03. The van der Waals surface area contributed by atoms with Crippen LogP contribution >= 0.6 is 11.6 Å². The maximum atomic E-state index is 9.76. The summed E-state index contributed by atoms with van der Waals surface area (Å²) in [5.41, 5.74) is 4.87. The summed E-state index contributed by atoms with van der Waals surface area (Å²) in [6, 6.07) is 16.4. The van der Waals surface area contributed by atoms with Gasteiger partial charge in [0.05, 0.1) is 12.3 Å². The average molecular weight is 463 g/mol. The van der Waals surface area contributed by atoms with Gasteiger partial charge in [-0.3, -0.25) is 0 Å². The quantitative estimate of drug-likeness (QED) is 0.521. The molecule has 0 radical (unpaired) electrons. The van der Waals surface area contributed by atoms with Crippen LogP contribution in [0.4, 0.5) is 0 Å². The van der Waals surface area contributed by atoms with E-state index in [0.717, 1.165) is 47.3 Å². The molecule has 1 aromatic heterocycles. The van der Waals surface area contributed by atoms with E-state index in [2.05, 4.69) is 62.9 Å². The summed E-state index contributed by atoms with van der Waals surface area (Å²) < 4.78 is 2.03. The zero-order valence-corrected chi connectivity index (χ0v) is 21.6. The summed E-state index contributed by atoms with van der Waals surface area (Å²) in [5, 5.41) is 25.5. The number of nitrogens with zero attached hydrogens (tertiary/aromatic N) is 6. The van der Waals surface area contributed by atoms with Crippen molar-refractivity contribution in [3.8, 4) is 11.1 Å². The number of hydrogen-bond donors (Lipinski definition) is 1. The van der Waals surface area contributed by atoms with Crippen LogP contribution in [0.1, 0.15) is 50.0 Å². The van der Waals surface area contributed by atoms with E-state index in [1.54, 1.807) is 0 Å². The van der Waals surface area contributed by atoms with Gasteiger partial charge in [0.25, 0.3) is 0 Å². The molecule has 2 heterocycles. The molecule has 0 saturated carbocycles. The number of benzene rings is 2. The fraction of sp³-hybridized carbons (Fsp3) is 0.318. The molecule has 1 N–H and O–H groups in total. The molecule has 0 spiro atoms. The van der Waals surface area contributed by atoms with Gasteiger partial charge in [-0.2, -0.15) is 0 Å². The number of aryl methyl sites for hydroxylation is 1. The minimum atomic E-state index is -0.387. The second-order valence-corrected chi connectivity index (χ2v) is 7.54. The van der Waals surface area contributed by atoms with Crippen LogP contribution in [-0.4, -0.2) is 14.7 Å². The average Bonchev–Trinajstić information content (AvgIpc) is 3.41. The minimum absolute atomic E-state index is 0. The van der Waals surface area contributed by atoms with Gasteiger partial charge in [0, 0.05) is 18.5 Å². The van der Waals surface area contributed by atoms with Crippen LogP contribution in [0.5, 0.6) is 0 Å². The number of rotatable bonds is 8. The Bertz CT molecular complexity index is 1070. The molecule has 0 saturated heterocycles. The minimum Gasteiger partial charge on any atom is -1.00 e. The molecule has 3 aromatic rings. The first-order chi connectivity index (χ1) is 14.7. The van der Waals surface area contributed by atoms with E-state index in [0.29, 0.717) is 17.4 Å². The molecule has 0 bridgehead atoms. The smallest absolute Gasteiger partial charge is 1.00 e. The maximum absolute atomic E-state index is 9.76. The summed E-state index contributed by atoms with van der Waals surface area (Å²) in [6.45, 7) is 2.63. The van der Waals surface area contributed by atoms with Crippen molar-refractivity contribution in [1.82, 2.24) is 9.55 Å². The van der Waals surface area contributed by atoms with E-state index in [1.165, 1.54) is 0 Å². The molecule has 4 rings (SSSR count). The van der Waals surface area contributed by atoms with Crippen LogP contribution in [0.2, 0.25) is 5.15 Å². The van der Waals surface area contributed by atoms with Gasteiger partial charge < -0.3 is 11.1 Å². The van der Waals surface area contributed by atoms with Crippen molar-refractivity contribution < 1.29 is 57.9 Å². The SMILES string of the molecule is CCCCc1nc(Cl)c(CO)n1Cc1ccc(-c2ccccc2C2N=NN=N2)cc1.[H-].[K+]. The summed E-state index contributed by atoms with van der Waals surface area (Å²) in [6.07, 6.45) is 2.56. The first kappa shape index (κ1) is 24.4. The third-order valence-electron chi connectivity index (χ3n) is 5.21. The van der Waals surface area contributed by atoms with Gasteiger partial charge in [0.1, 0.15) is 5.82 Å². The Morgan fingerprint density at radius 1 is 1.06 bits per heavy atom. The fourth-order valence-corrected chi connectivity index (χ4v) is 3.88. The molecule has 7 nitrogen and oxygen atoms in total. The molecule has 31 heavy (non-hydrogen) atoms. The van der Waals surface area contributed by atoms with E-state index >= 15 is 0 Å². The monoisotopic (exact) mass is 462 g/mol. The Kier molecular flexibility index (Phi) is 9.09. The third kappa shape index (κ3) is 5.57. The van der Waals surface area contributed by atoms with E-state index in [1.807, 2.05) is 22.8 Å². The van der Waals surface area contributed by atoms with Crippen molar-refractivity contribution in [1.29, 1.82) is 0 Å². The molecule has 0 unspecified atom stereocenters. The molecule has 0 atom stereocenters. The molecule has 0 fully saturated rings. The Hall–Kier alpha value is -1.26. The number of halogens is 1. The summed E-state index contributed by atoms with van der Waals surface area (Å²) >= 11 is 6.26. The summed E-state index contributed by atoms with van der Waals surface area (Å²) in [7, 11) is 0. The number of aliphatic hydroxyl groups excluding tert-OH is 1. The van der Waals surface area contributed by atoms with Crippen LogP contribution in [0.15, 0.2) is 69.2 Å². The molecule has 2 aromatic carbocycles. The Labute approximate surface area is 230 Å². The zero-order chi connectivity index (χ0) is 20.9. The zero-order valence-electron chi connectivity index (χ0n) is 18.7.